The maximum atomic E-state index is 14.0. The van der Waals surface area contributed by atoms with Crippen LogP contribution in [0.1, 0.15) is 55.3 Å². The molecule has 0 aromatic carbocycles. The zero-order valence-electron chi connectivity index (χ0n) is 23.8. The number of fused-ring (bicyclic) bond motifs is 2. The predicted molar refractivity (Wildman–Crippen MR) is 152 cm³/mol. The van der Waals surface area contributed by atoms with E-state index in [4.69, 9.17) is 9.47 Å². The number of carbonyl (C=O) groups excluding carboxylic acids is 1. The summed E-state index contributed by atoms with van der Waals surface area (Å²) in [5, 5.41) is 3.39. The minimum absolute atomic E-state index is 0.0122. The van der Waals surface area contributed by atoms with Crippen LogP contribution in [0.15, 0.2) is 43.1 Å². The average Bonchev–Trinajstić information content (AvgIpc) is 3.48. The smallest absolute Gasteiger partial charge is 0.421 e. The summed E-state index contributed by atoms with van der Waals surface area (Å²) < 4.78 is 53.7. The third-order valence-corrected chi connectivity index (χ3v) is 8.16. The molecule has 0 saturated carbocycles. The second-order valence-electron chi connectivity index (χ2n) is 11.2. The number of halogens is 3. The van der Waals surface area contributed by atoms with E-state index in [1.165, 1.54) is 12.5 Å². The first kappa shape index (κ1) is 28.8. The molecule has 13 heteroatoms. The van der Waals surface area contributed by atoms with Crippen molar-refractivity contribution in [3.05, 3.63) is 59.9 Å². The first-order valence-corrected chi connectivity index (χ1v) is 14.4. The van der Waals surface area contributed by atoms with E-state index in [2.05, 4.69) is 35.1 Å². The fraction of sp³-hybridized carbons (Fsp3) is 0.433. The molecule has 1 fully saturated rings. The van der Waals surface area contributed by atoms with Gasteiger partial charge in [0.2, 0.25) is 17.7 Å². The lowest BCUT2D eigenvalue weighted by atomic mass is 9.78. The van der Waals surface area contributed by atoms with Gasteiger partial charge in [-0.3, -0.25) is 9.78 Å². The monoisotopic (exact) mass is 595 g/mol. The molecule has 1 amide bonds. The summed E-state index contributed by atoms with van der Waals surface area (Å²) in [4.78, 5) is 35.6. The molecule has 226 valence electrons. The molecule has 10 nitrogen and oxygen atoms in total. The van der Waals surface area contributed by atoms with Crippen molar-refractivity contribution in [3.63, 3.8) is 0 Å². The van der Waals surface area contributed by atoms with Gasteiger partial charge < -0.3 is 24.7 Å². The number of piperidine rings is 1. The minimum atomic E-state index is -4.69. The number of H-pyrrole nitrogens is 1. The highest BCUT2D eigenvalue weighted by molar-refractivity contribution is 5.93. The molecule has 0 radical (unpaired) electrons. The van der Waals surface area contributed by atoms with Gasteiger partial charge in [0.25, 0.3) is 0 Å². The van der Waals surface area contributed by atoms with E-state index in [1.807, 2.05) is 26.1 Å². The van der Waals surface area contributed by atoms with Crippen LogP contribution in [0.2, 0.25) is 0 Å². The van der Waals surface area contributed by atoms with Crippen molar-refractivity contribution in [1.82, 2.24) is 29.8 Å². The Morgan fingerprint density at radius 1 is 1.12 bits per heavy atom. The Morgan fingerprint density at radius 3 is 2.70 bits per heavy atom. The van der Waals surface area contributed by atoms with E-state index in [9.17, 15) is 18.0 Å². The van der Waals surface area contributed by atoms with Gasteiger partial charge in [0.1, 0.15) is 29.4 Å². The number of nitrogens with one attached hydrogen (secondary N) is 2. The quantitative estimate of drug-likeness (QED) is 0.278. The number of amides is 1. The van der Waals surface area contributed by atoms with Crippen molar-refractivity contribution in [1.29, 1.82) is 0 Å². The van der Waals surface area contributed by atoms with Crippen LogP contribution < -0.4 is 14.8 Å². The molecule has 6 rings (SSSR count). The van der Waals surface area contributed by atoms with Gasteiger partial charge >= 0.3 is 6.18 Å². The van der Waals surface area contributed by atoms with Gasteiger partial charge in [-0.2, -0.15) is 13.2 Å². The molecular weight excluding hydrogens is 563 g/mol. The molecule has 2 aliphatic rings. The van der Waals surface area contributed by atoms with Crippen LogP contribution in [0, 0.1) is 5.92 Å². The molecule has 2 atom stereocenters. The minimum Gasteiger partial charge on any atom is -0.474 e. The predicted octanol–water partition coefficient (Wildman–Crippen LogP) is 5.73. The Bertz CT molecular complexity index is 1620. The summed E-state index contributed by atoms with van der Waals surface area (Å²) >= 11 is 0. The molecule has 43 heavy (non-hydrogen) atoms. The molecule has 4 aromatic rings. The number of hydrogen-bond acceptors (Lipinski definition) is 8. The molecule has 5 heterocycles. The van der Waals surface area contributed by atoms with Crippen molar-refractivity contribution in [2.45, 2.75) is 57.2 Å². The normalized spacial score (nSPS) is 19.7. The first-order valence-electron chi connectivity index (χ1n) is 14.4. The molecular formula is C30H32F3N7O3. The van der Waals surface area contributed by atoms with Gasteiger partial charge in [-0.05, 0) is 62.9 Å². The van der Waals surface area contributed by atoms with Crippen LogP contribution in [0.3, 0.4) is 0 Å². The van der Waals surface area contributed by atoms with Crippen LogP contribution >= 0.6 is 0 Å². The zero-order chi connectivity index (χ0) is 30.1. The van der Waals surface area contributed by atoms with Crippen molar-refractivity contribution >= 4 is 22.6 Å². The number of carbonyl (C=O) groups is 1. The summed E-state index contributed by atoms with van der Waals surface area (Å²) in [7, 11) is 1.96. The summed E-state index contributed by atoms with van der Waals surface area (Å²) in [5.74, 6) is -0.458. The van der Waals surface area contributed by atoms with E-state index in [0.29, 0.717) is 43.0 Å². The summed E-state index contributed by atoms with van der Waals surface area (Å²) in [6.07, 6.45) is 3.85. The maximum absolute atomic E-state index is 14.0. The van der Waals surface area contributed by atoms with Crippen LogP contribution in [-0.4, -0.2) is 62.0 Å². The number of ether oxygens (including phenoxy) is 2. The molecule has 2 N–H and O–H groups in total. The molecule has 2 unspecified atom stereocenters. The highest BCUT2D eigenvalue weighted by Gasteiger charge is 2.37. The SMILES string of the molecule is CCC1CC(C(=O)Nc2cnc(OC3CCN(C)CC3)c(C(F)(F)F)c2)Cc2cc(Oc3ncnc4[nH]ccc34)cnc21. The first-order chi connectivity index (χ1) is 20.7. The van der Waals surface area contributed by atoms with Gasteiger partial charge in [0, 0.05) is 36.8 Å². The fourth-order valence-corrected chi connectivity index (χ4v) is 5.81. The lowest BCUT2D eigenvalue weighted by molar-refractivity contribution is -0.139. The number of anilines is 1. The summed E-state index contributed by atoms with van der Waals surface area (Å²) in [6.45, 7) is 3.50. The van der Waals surface area contributed by atoms with Crippen LogP contribution in [0.4, 0.5) is 18.9 Å². The lowest BCUT2D eigenvalue weighted by Gasteiger charge is -2.30. The molecule has 1 aliphatic carbocycles. The highest BCUT2D eigenvalue weighted by atomic mass is 19.4. The van der Waals surface area contributed by atoms with Gasteiger partial charge in [0.15, 0.2) is 0 Å². The maximum Gasteiger partial charge on any atom is 0.421 e. The largest absolute Gasteiger partial charge is 0.474 e. The number of nitrogens with zero attached hydrogens (tertiary/aromatic N) is 5. The standard InChI is InChI=1S/C30H32F3N7O3/c1-3-17-10-19(11-18-12-22(15-35-25(17)18)43-28-23-4-7-34-26(23)37-16-38-28)27(41)39-20-13-24(30(31,32)33)29(36-14-20)42-21-5-8-40(2)9-6-21/h4,7,12-17,19,21H,3,5-6,8-11H2,1-2H3,(H,39,41)(H,34,37,38). The Hall–Kier alpha value is -4.26. The van der Waals surface area contributed by atoms with E-state index in [-0.39, 0.29) is 23.6 Å². The van der Waals surface area contributed by atoms with E-state index < -0.39 is 23.5 Å². The molecule has 1 aliphatic heterocycles. The molecule has 4 aromatic heterocycles. The fourth-order valence-electron chi connectivity index (χ4n) is 5.81. The Morgan fingerprint density at radius 2 is 1.93 bits per heavy atom. The number of alkyl halides is 3. The molecule has 0 spiro atoms. The molecule has 0 bridgehead atoms. The second kappa shape index (κ2) is 11.8. The van der Waals surface area contributed by atoms with Gasteiger partial charge in [-0.15, -0.1) is 0 Å². The van der Waals surface area contributed by atoms with Crippen LogP contribution in [0.25, 0.3) is 11.0 Å². The zero-order valence-corrected chi connectivity index (χ0v) is 23.8. The van der Waals surface area contributed by atoms with Crippen molar-refractivity contribution in [3.8, 4) is 17.5 Å². The number of aromatic amines is 1. The Labute approximate surface area is 246 Å². The highest BCUT2D eigenvalue weighted by Crippen LogP contribution is 2.40. The van der Waals surface area contributed by atoms with Crippen molar-refractivity contribution in [2.24, 2.45) is 5.92 Å². The number of hydrogen-bond donors (Lipinski definition) is 2. The van der Waals surface area contributed by atoms with Crippen molar-refractivity contribution in [2.75, 3.05) is 25.5 Å². The van der Waals surface area contributed by atoms with Gasteiger partial charge in [-0.1, -0.05) is 6.92 Å². The Kier molecular flexibility index (Phi) is 7.91. The number of aromatic nitrogens is 5. The van der Waals surface area contributed by atoms with Gasteiger partial charge in [-0.25, -0.2) is 15.0 Å². The van der Waals surface area contributed by atoms with Crippen LogP contribution in [-0.2, 0) is 17.4 Å². The van der Waals surface area contributed by atoms with Crippen LogP contribution in [0.5, 0.6) is 17.5 Å². The third kappa shape index (κ3) is 6.26. The number of pyridine rings is 2. The lowest BCUT2D eigenvalue weighted by Crippen LogP contribution is -2.36. The van der Waals surface area contributed by atoms with E-state index in [0.717, 1.165) is 42.2 Å². The topological polar surface area (TPSA) is 118 Å². The molecule has 1 saturated heterocycles. The van der Waals surface area contributed by atoms with E-state index >= 15 is 0 Å². The third-order valence-electron chi connectivity index (χ3n) is 8.16. The second-order valence-corrected chi connectivity index (χ2v) is 11.2. The summed E-state index contributed by atoms with van der Waals surface area (Å²) in [5.41, 5.74) is 1.36. The number of likely N-dealkylation sites (tertiary alicyclic amines) is 1. The Balaban J connectivity index is 1.19. The average molecular weight is 596 g/mol. The summed E-state index contributed by atoms with van der Waals surface area (Å²) in [6, 6.07) is 4.57. The van der Waals surface area contributed by atoms with Gasteiger partial charge in [0.05, 0.1) is 23.5 Å². The van der Waals surface area contributed by atoms with E-state index in [1.54, 1.807) is 12.4 Å². The van der Waals surface area contributed by atoms with Crippen molar-refractivity contribution < 1.29 is 27.4 Å². The number of rotatable bonds is 7.